The van der Waals surface area contributed by atoms with E-state index < -0.39 is 0 Å². The first-order chi connectivity index (χ1) is 7.69. The van der Waals surface area contributed by atoms with Crippen molar-refractivity contribution in [2.75, 3.05) is 24.6 Å². The minimum absolute atomic E-state index is 0.174. The summed E-state index contributed by atoms with van der Waals surface area (Å²) >= 11 is 3.44. The van der Waals surface area contributed by atoms with Crippen LogP contribution in [0.2, 0.25) is 0 Å². The van der Waals surface area contributed by atoms with Gasteiger partial charge >= 0.3 is 0 Å². The Kier molecular flexibility index (Phi) is 3.84. The number of anilines is 1. The van der Waals surface area contributed by atoms with Crippen LogP contribution in [0.3, 0.4) is 0 Å². The lowest BCUT2D eigenvalue weighted by molar-refractivity contribution is 0.221. The lowest BCUT2D eigenvalue weighted by Crippen LogP contribution is -2.56. The molecule has 1 aromatic rings. The quantitative estimate of drug-likeness (QED) is 0.866. The van der Waals surface area contributed by atoms with Crippen LogP contribution in [-0.2, 0) is 0 Å². The fourth-order valence-corrected chi connectivity index (χ4v) is 2.42. The third-order valence-corrected chi connectivity index (χ3v) is 3.40. The van der Waals surface area contributed by atoms with Crippen LogP contribution in [0.25, 0.3) is 0 Å². The molecule has 1 saturated heterocycles. The molecule has 4 heteroatoms. The number of aliphatic hydroxyl groups is 1. The predicted octanol–water partition coefficient (Wildman–Crippen LogP) is 1.61. The Morgan fingerprint density at radius 2 is 2.06 bits per heavy atom. The summed E-state index contributed by atoms with van der Waals surface area (Å²) in [6.45, 7) is 4.19. The third-order valence-electron chi connectivity index (χ3n) is 2.87. The van der Waals surface area contributed by atoms with Crippen LogP contribution in [-0.4, -0.2) is 36.9 Å². The highest BCUT2D eigenvalue weighted by Gasteiger charge is 2.23. The molecule has 0 aromatic heterocycles. The van der Waals surface area contributed by atoms with Crippen molar-refractivity contribution in [3.63, 3.8) is 0 Å². The number of halogens is 1. The van der Waals surface area contributed by atoms with Gasteiger partial charge in [-0.15, -0.1) is 0 Å². The number of piperazine rings is 1. The molecule has 0 radical (unpaired) electrons. The molecule has 0 bridgehead atoms. The van der Waals surface area contributed by atoms with Gasteiger partial charge in [-0.1, -0.05) is 15.9 Å². The lowest BCUT2D eigenvalue weighted by Gasteiger charge is -2.38. The molecule has 1 aliphatic rings. The lowest BCUT2D eigenvalue weighted by atomic mass is 10.1. The minimum Gasteiger partial charge on any atom is -0.395 e. The largest absolute Gasteiger partial charge is 0.395 e. The summed E-state index contributed by atoms with van der Waals surface area (Å²) in [7, 11) is 0. The molecule has 1 aliphatic heterocycles. The molecule has 0 spiro atoms. The molecular formula is C12H17BrN2O. The molecule has 2 N–H and O–H groups in total. The van der Waals surface area contributed by atoms with Gasteiger partial charge in [0, 0.05) is 35.3 Å². The molecule has 88 valence electrons. The van der Waals surface area contributed by atoms with Crippen molar-refractivity contribution in [1.29, 1.82) is 0 Å². The third kappa shape index (κ3) is 2.75. The second-order valence-corrected chi connectivity index (χ2v) is 5.24. The molecule has 0 amide bonds. The maximum Gasteiger partial charge on any atom is 0.0602 e. The number of hydrogen-bond donors (Lipinski definition) is 2. The first kappa shape index (κ1) is 11.9. The summed E-state index contributed by atoms with van der Waals surface area (Å²) in [6, 6.07) is 8.90. The predicted molar refractivity (Wildman–Crippen MR) is 69.8 cm³/mol. The van der Waals surface area contributed by atoms with Crippen molar-refractivity contribution in [2.45, 2.75) is 19.0 Å². The maximum absolute atomic E-state index is 9.22. The van der Waals surface area contributed by atoms with Gasteiger partial charge in [-0.05, 0) is 31.2 Å². The molecule has 2 unspecified atom stereocenters. The smallest absolute Gasteiger partial charge is 0.0602 e. The van der Waals surface area contributed by atoms with E-state index in [9.17, 15) is 5.11 Å². The number of nitrogens with one attached hydrogen (secondary N) is 1. The van der Waals surface area contributed by atoms with Crippen molar-refractivity contribution in [2.24, 2.45) is 0 Å². The van der Waals surface area contributed by atoms with Gasteiger partial charge in [0.15, 0.2) is 0 Å². The van der Waals surface area contributed by atoms with Crippen molar-refractivity contribution in [3.8, 4) is 0 Å². The van der Waals surface area contributed by atoms with Gasteiger partial charge in [0.2, 0.25) is 0 Å². The number of rotatable bonds is 2. The average Bonchev–Trinajstić information content (AvgIpc) is 2.29. The Bertz CT molecular complexity index is 341. The SMILES string of the molecule is CC1CN(c2ccc(Br)cc2)CC(CO)N1. The van der Waals surface area contributed by atoms with Gasteiger partial charge in [0.25, 0.3) is 0 Å². The molecule has 16 heavy (non-hydrogen) atoms. The van der Waals surface area contributed by atoms with Gasteiger partial charge < -0.3 is 15.3 Å². The van der Waals surface area contributed by atoms with Gasteiger partial charge in [-0.2, -0.15) is 0 Å². The first-order valence-corrected chi connectivity index (χ1v) is 6.36. The monoisotopic (exact) mass is 284 g/mol. The summed E-state index contributed by atoms with van der Waals surface area (Å²) in [6.07, 6.45) is 0. The van der Waals surface area contributed by atoms with E-state index in [2.05, 4.69) is 57.3 Å². The zero-order valence-corrected chi connectivity index (χ0v) is 10.9. The van der Waals surface area contributed by atoms with Crippen molar-refractivity contribution >= 4 is 21.6 Å². The highest BCUT2D eigenvalue weighted by molar-refractivity contribution is 9.10. The number of nitrogens with zero attached hydrogens (tertiary/aromatic N) is 1. The molecule has 1 aromatic carbocycles. The van der Waals surface area contributed by atoms with E-state index in [1.54, 1.807) is 0 Å². The van der Waals surface area contributed by atoms with Crippen LogP contribution in [0, 0.1) is 0 Å². The Labute approximate surface area is 105 Å². The van der Waals surface area contributed by atoms with Gasteiger partial charge in [-0.3, -0.25) is 0 Å². The summed E-state index contributed by atoms with van der Waals surface area (Å²) in [5, 5.41) is 12.6. The summed E-state index contributed by atoms with van der Waals surface area (Å²) < 4.78 is 1.10. The maximum atomic E-state index is 9.22. The zero-order valence-electron chi connectivity index (χ0n) is 9.36. The molecule has 1 heterocycles. The Morgan fingerprint density at radius 1 is 1.38 bits per heavy atom. The molecule has 0 aliphatic carbocycles. The van der Waals surface area contributed by atoms with Crippen LogP contribution in [0.15, 0.2) is 28.7 Å². The van der Waals surface area contributed by atoms with Crippen molar-refractivity contribution in [1.82, 2.24) is 5.32 Å². The Morgan fingerprint density at radius 3 is 2.69 bits per heavy atom. The Hall–Kier alpha value is -0.580. The standard InChI is InChI=1S/C12H17BrN2O/c1-9-6-15(7-11(8-16)14-9)12-4-2-10(13)3-5-12/h2-5,9,11,14,16H,6-8H2,1H3. The van der Waals surface area contributed by atoms with Gasteiger partial charge in [-0.25, -0.2) is 0 Å². The fraction of sp³-hybridized carbons (Fsp3) is 0.500. The van der Waals surface area contributed by atoms with E-state index in [4.69, 9.17) is 0 Å². The van der Waals surface area contributed by atoms with E-state index in [-0.39, 0.29) is 12.6 Å². The molecule has 3 nitrogen and oxygen atoms in total. The highest BCUT2D eigenvalue weighted by atomic mass is 79.9. The van der Waals surface area contributed by atoms with Crippen LogP contribution in [0.4, 0.5) is 5.69 Å². The topological polar surface area (TPSA) is 35.5 Å². The number of hydrogen-bond acceptors (Lipinski definition) is 3. The Balaban J connectivity index is 2.11. The molecule has 0 saturated carbocycles. The highest BCUT2D eigenvalue weighted by Crippen LogP contribution is 2.20. The van der Waals surface area contributed by atoms with Gasteiger partial charge in [0.05, 0.1) is 6.61 Å². The van der Waals surface area contributed by atoms with E-state index in [1.165, 1.54) is 5.69 Å². The summed E-state index contributed by atoms with van der Waals surface area (Å²) in [5.41, 5.74) is 1.22. The van der Waals surface area contributed by atoms with Crippen LogP contribution >= 0.6 is 15.9 Å². The second kappa shape index (κ2) is 5.17. The molecule has 2 rings (SSSR count). The van der Waals surface area contributed by atoms with Crippen LogP contribution in [0.1, 0.15) is 6.92 Å². The van der Waals surface area contributed by atoms with E-state index >= 15 is 0 Å². The second-order valence-electron chi connectivity index (χ2n) is 4.33. The van der Waals surface area contributed by atoms with Crippen molar-refractivity contribution in [3.05, 3.63) is 28.7 Å². The van der Waals surface area contributed by atoms with Gasteiger partial charge in [0.1, 0.15) is 0 Å². The summed E-state index contributed by atoms with van der Waals surface area (Å²) in [4.78, 5) is 2.31. The van der Waals surface area contributed by atoms with E-state index in [0.717, 1.165) is 17.6 Å². The summed E-state index contributed by atoms with van der Waals surface area (Å²) in [5.74, 6) is 0. The minimum atomic E-state index is 0.174. The number of aliphatic hydroxyl groups excluding tert-OH is 1. The molecule has 1 fully saturated rings. The first-order valence-electron chi connectivity index (χ1n) is 5.56. The van der Waals surface area contributed by atoms with Crippen molar-refractivity contribution < 1.29 is 5.11 Å². The van der Waals surface area contributed by atoms with Crippen LogP contribution in [0.5, 0.6) is 0 Å². The normalized spacial score (nSPS) is 25.8. The number of benzene rings is 1. The fourth-order valence-electron chi connectivity index (χ4n) is 2.15. The molecular weight excluding hydrogens is 268 g/mol. The average molecular weight is 285 g/mol. The van der Waals surface area contributed by atoms with Crippen LogP contribution < -0.4 is 10.2 Å². The van der Waals surface area contributed by atoms with E-state index in [0.29, 0.717) is 6.04 Å². The van der Waals surface area contributed by atoms with E-state index in [1.807, 2.05) is 0 Å². The zero-order chi connectivity index (χ0) is 11.5. The molecule has 2 atom stereocenters.